The molecule has 0 aliphatic heterocycles. The Morgan fingerprint density at radius 2 is 2.15 bits per heavy atom. The number of ether oxygens (including phenoxy) is 2. The van der Waals surface area contributed by atoms with Gasteiger partial charge in [-0.1, -0.05) is 11.3 Å². The molecule has 7 heteroatoms. The molecule has 0 radical (unpaired) electrons. The summed E-state index contributed by atoms with van der Waals surface area (Å²) in [5.74, 6) is -0.729. The van der Waals surface area contributed by atoms with Crippen LogP contribution in [0.15, 0.2) is 0 Å². The molecule has 1 N–H and O–H groups in total. The third-order valence-corrected chi connectivity index (χ3v) is 4.26. The zero-order valence-electron chi connectivity index (χ0n) is 11.8. The second-order valence-corrected chi connectivity index (χ2v) is 5.64. The fraction of sp³-hybridized carbons (Fsp3) is 0.615. The van der Waals surface area contributed by atoms with Crippen LogP contribution in [0.4, 0.5) is 5.13 Å². The zero-order valence-corrected chi connectivity index (χ0v) is 12.6. The Morgan fingerprint density at radius 1 is 1.45 bits per heavy atom. The van der Waals surface area contributed by atoms with E-state index in [1.807, 2.05) is 0 Å². The van der Waals surface area contributed by atoms with Crippen LogP contribution in [0.1, 0.15) is 46.8 Å². The van der Waals surface area contributed by atoms with Gasteiger partial charge < -0.3 is 14.8 Å². The van der Waals surface area contributed by atoms with Crippen LogP contribution in [-0.4, -0.2) is 42.6 Å². The quantitative estimate of drug-likeness (QED) is 0.640. The summed E-state index contributed by atoms with van der Waals surface area (Å²) < 4.78 is 10.1. The number of Topliss-reactive ketones (excluding diaryl/α,β-unsaturated/α-hetero) is 1. The average molecular weight is 298 g/mol. The number of rotatable bonds is 6. The molecular weight excluding hydrogens is 280 g/mol. The third kappa shape index (κ3) is 3.16. The van der Waals surface area contributed by atoms with Gasteiger partial charge in [0.2, 0.25) is 0 Å². The molecule has 110 valence electrons. The highest BCUT2D eigenvalue weighted by atomic mass is 32.1. The Balaban J connectivity index is 2.09. The first-order valence-corrected chi connectivity index (χ1v) is 7.35. The topological polar surface area (TPSA) is 77.5 Å². The fourth-order valence-corrected chi connectivity index (χ4v) is 2.93. The number of methoxy groups -OCH3 is 1. The first-order valence-electron chi connectivity index (χ1n) is 6.53. The largest absolute Gasteiger partial charge is 0.461 e. The number of hydrogen-bond acceptors (Lipinski definition) is 7. The number of thiazole rings is 1. The highest BCUT2D eigenvalue weighted by Crippen LogP contribution is 2.30. The minimum Gasteiger partial charge on any atom is -0.461 e. The van der Waals surface area contributed by atoms with E-state index >= 15 is 0 Å². The molecular formula is C13H18N2O4S. The van der Waals surface area contributed by atoms with Crippen molar-refractivity contribution in [3.05, 3.63) is 10.6 Å². The van der Waals surface area contributed by atoms with Gasteiger partial charge in [-0.2, -0.15) is 0 Å². The molecule has 1 aliphatic rings. The maximum absolute atomic E-state index is 11.8. The Labute approximate surface area is 121 Å². The Hall–Kier alpha value is -1.47. The predicted molar refractivity (Wildman–Crippen MR) is 75.5 cm³/mol. The maximum Gasteiger partial charge on any atom is 0.358 e. The molecule has 0 bridgehead atoms. The molecule has 2 rings (SSSR count). The van der Waals surface area contributed by atoms with Crippen molar-refractivity contribution in [3.8, 4) is 0 Å². The van der Waals surface area contributed by atoms with Gasteiger partial charge in [-0.15, -0.1) is 0 Å². The van der Waals surface area contributed by atoms with E-state index in [9.17, 15) is 9.59 Å². The van der Waals surface area contributed by atoms with E-state index in [2.05, 4.69) is 10.3 Å². The molecule has 0 atom stereocenters. The summed E-state index contributed by atoms with van der Waals surface area (Å²) in [5, 5.41) is 3.80. The predicted octanol–water partition coefficient (Wildman–Crippen LogP) is 2.11. The van der Waals surface area contributed by atoms with Gasteiger partial charge in [-0.3, -0.25) is 4.79 Å². The Bertz CT molecular complexity index is 508. The summed E-state index contributed by atoms with van der Waals surface area (Å²) in [5.41, 5.74) is 0.106. The summed E-state index contributed by atoms with van der Waals surface area (Å²) >= 11 is 1.19. The second-order valence-electron chi connectivity index (χ2n) is 4.64. The number of carbonyl (C=O) groups is 2. The zero-order chi connectivity index (χ0) is 14.7. The molecule has 1 aromatic rings. The van der Waals surface area contributed by atoms with Crippen LogP contribution in [0.3, 0.4) is 0 Å². The van der Waals surface area contributed by atoms with Crippen molar-refractivity contribution in [1.82, 2.24) is 4.98 Å². The lowest BCUT2D eigenvalue weighted by atomic mass is 9.89. The van der Waals surface area contributed by atoms with Crippen molar-refractivity contribution in [2.45, 2.75) is 38.8 Å². The van der Waals surface area contributed by atoms with E-state index in [0.29, 0.717) is 10.0 Å². The van der Waals surface area contributed by atoms with Crippen LogP contribution in [0.2, 0.25) is 0 Å². The number of esters is 1. The number of nitrogens with one attached hydrogen (secondary N) is 1. The molecule has 0 aromatic carbocycles. The number of nitrogens with zero attached hydrogens (tertiary/aromatic N) is 1. The van der Waals surface area contributed by atoms with Crippen LogP contribution < -0.4 is 5.32 Å². The maximum atomic E-state index is 11.8. The third-order valence-electron chi connectivity index (χ3n) is 3.17. The fourth-order valence-electron chi connectivity index (χ4n) is 2.01. The van der Waals surface area contributed by atoms with E-state index < -0.39 is 5.97 Å². The van der Waals surface area contributed by atoms with Crippen molar-refractivity contribution in [2.75, 3.05) is 19.0 Å². The van der Waals surface area contributed by atoms with Gasteiger partial charge >= 0.3 is 5.97 Å². The molecule has 1 aromatic heterocycles. The number of hydrogen-bond donors (Lipinski definition) is 1. The minimum absolute atomic E-state index is 0.106. The number of aromatic nitrogens is 1. The van der Waals surface area contributed by atoms with E-state index in [4.69, 9.17) is 9.47 Å². The van der Waals surface area contributed by atoms with Crippen LogP contribution in [-0.2, 0) is 9.47 Å². The van der Waals surface area contributed by atoms with Gasteiger partial charge in [-0.25, -0.2) is 9.78 Å². The lowest BCUT2D eigenvalue weighted by Gasteiger charge is -2.34. The minimum atomic E-state index is -0.551. The summed E-state index contributed by atoms with van der Waals surface area (Å²) in [7, 11) is 1.69. The van der Waals surface area contributed by atoms with Gasteiger partial charge in [0.05, 0.1) is 12.7 Å². The molecule has 0 saturated heterocycles. The number of ketones is 1. The van der Waals surface area contributed by atoms with Crippen LogP contribution in [0.5, 0.6) is 0 Å². The molecule has 20 heavy (non-hydrogen) atoms. The normalized spacial score (nSPS) is 21.1. The summed E-state index contributed by atoms with van der Waals surface area (Å²) in [4.78, 5) is 27.9. The van der Waals surface area contributed by atoms with E-state index in [1.165, 1.54) is 18.3 Å². The highest BCUT2D eigenvalue weighted by molar-refractivity contribution is 7.17. The van der Waals surface area contributed by atoms with Gasteiger partial charge in [0.25, 0.3) is 0 Å². The van der Waals surface area contributed by atoms with Crippen molar-refractivity contribution in [1.29, 1.82) is 0 Å². The molecule has 1 aliphatic carbocycles. The van der Waals surface area contributed by atoms with Crippen LogP contribution >= 0.6 is 11.3 Å². The second kappa shape index (κ2) is 6.32. The standard InChI is InChI=1S/C13H18N2O4S/c1-4-19-12(17)10-11(7(2)16)20-13(15-10)14-8-5-9(6-8)18-3/h8-9H,4-6H2,1-3H3,(H,14,15). The Kier molecular flexibility index (Phi) is 4.72. The summed E-state index contributed by atoms with van der Waals surface area (Å²) in [6.07, 6.45) is 2.09. The SMILES string of the molecule is CCOC(=O)c1nc(NC2CC(OC)C2)sc1C(C)=O. The first kappa shape index (κ1) is 14.9. The van der Waals surface area contributed by atoms with Crippen molar-refractivity contribution in [2.24, 2.45) is 0 Å². The summed E-state index contributed by atoms with van der Waals surface area (Å²) in [6.45, 7) is 3.40. The van der Waals surface area contributed by atoms with Crippen LogP contribution in [0, 0.1) is 0 Å². The summed E-state index contributed by atoms with van der Waals surface area (Å²) in [6, 6.07) is 0.279. The van der Waals surface area contributed by atoms with Gasteiger partial charge in [-0.05, 0) is 19.8 Å². The highest BCUT2D eigenvalue weighted by Gasteiger charge is 2.30. The molecule has 1 saturated carbocycles. The molecule has 6 nitrogen and oxygen atoms in total. The molecule has 1 fully saturated rings. The lowest BCUT2D eigenvalue weighted by molar-refractivity contribution is 0.0328. The first-order chi connectivity index (χ1) is 9.55. The Morgan fingerprint density at radius 3 is 2.70 bits per heavy atom. The monoisotopic (exact) mass is 298 g/mol. The molecule has 1 heterocycles. The van der Waals surface area contributed by atoms with Crippen molar-refractivity contribution < 1.29 is 19.1 Å². The van der Waals surface area contributed by atoms with Crippen molar-refractivity contribution >= 4 is 28.2 Å². The molecule has 0 spiro atoms. The average Bonchev–Trinajstić information content (AvgIpc) is 2.77. The van der Waals surface area contributed by atoms with Gasteiger partial charge in [0.15, 0.2) is 16.6 Å². The smallest absolute Gasteiger partial charge is 0.358 e. The van der Waals surface area contributed by atoms with E-state index in [0.717, 1.165) is 12.8 Å². The van der Waals surface area contributed by atoms with E-state index in [1.54, 1.807) is 14.0 Å². The molecule has 0 amide bonds. The number of anilines is 1. The van der Waals surface area contributed by atoms with Crippen LogP contribution in [0.25, 0.3) is 0 Å². The van der Waals surface area contributed by atoms with E-state index in [-0.39, 0.29) is 30.2 Å². The van der Waals surface area contributed by atoms with Gasteiger partial charge in [0.1, 0.15) is 4.88 Å². The molecule has 0 unspecified atom stereocenters. The lowest BCUT2D eigenvalue weighted by Crippen LogP contribution is -2.40. The van der Waals surface area contributed by atoms with Crippen molar-refractivity contribution in [3.63, 3.8) is 0 Å². The number of carbonyl (C=O) groups excluding carboxylic acids is 2. The van der Waals surface area contributed by atoms with Gasteiger partial charge in [0, 0.05) is 20.1 Å².